The van der Waals surface area contributed by atoms with E-state index in [0.29, 0.717) is 18.9 Å². The van der Waals surface area contributed by atoms with Gasteiger partial charge in [-0.05, 0) is 42.0 Å². The van der Waals surface area contributed by atoms with E-state index in [4.69, 9.17) is 4.74 Å². The maximum absolute atomic E-state index is 13.1. The first kappa shape index (κ1) is 25.5. The van der Waals surface area contributed by atoms with Crippen LogP contribution in [-0.4, -0.2) is 47.7 Å². The summed E-state index contributed by atoms with van der Waals surface area (Å²) in [4.78, 5) is 32.4. The summed E-state index contributed by atoms with van der Waals surface area (Å²) in [6.07, 6.45) is 5.46. The van der Waals surface area contributed by atoms with Crippen LogP contribution in [0.15, 0.2) is 67.1 Å². The van der Waals surface area contributed by atoms with Gasteiger partial charge in [-0.1, -0.05) is 56.3 Å². The van der Waals surface area contributed by atoms with Crippen molar-refractivity contribution >= 4 is 17.6 Å². The Kier molecular flexibility index (Phi) is 8.41. The van der Waals surface area contributed by atoms with Crippen molar-refractivity contribution in [2.75, 3.05) is 25.1 Å². The van der Waals surface area contributed by atoms with E-state index < -0.39 is 12.0 Å². The lowest BCUT2D eigenvalue weighted by Gasteiger charge is -2.33. The molecule has 190 valence electrons. The van der Waals surface area contributed by atoms with E-state index in [0.717, 1.165) is 31.6 Å². The Balaban J connectivity index is 1.33. The number of piperidine rings is 1. The van der Waals surface area contributed by atoms with Gasteiger partial charge in [0.15, 0.2) is 0 Å². The molecule has 0 radical (unpaired) electrons. The summed E-state index contributed by atoms with van der Waals surface area (Å²) in [6, 6.07) is 18.0. The van der Waals surface area contributed by atoms with Gasteiger partial charge in [0.05, 0.1) is 19.1 Å². The smallest absolute Gasteiger partial charge is 0.328 e. The lowest BCUT2D eigenvalue weighted by molar-refractivity contribution is -0.145. The van der Waals surface area contributed by atoms with Gasteiger partial charge in [-0.25, -0.2) is 9.78 Å². The van der Waals surface area contributed by atoms with Gasteiger partial charge >= 0.3 is 5.97 Å². The molecule has 1 fully saturated rings. The quantitative estimate of drug-likeness (QED) is 0.458. The van der Waals surface area contributed by atoms with Gasteiger partial charge in [0.1, 0.15) is 6.04 Å². The molecular formula is C29H36N4O3. The van der Waals surface area contributed by atoms with Crippen LogP contribution in [0, 0.1) is 5.92 Å². The molecule has 0 aliphatic carbocycles. The monoisotopic (exact) mass is 488 g/mol. The lowest BCUT2D eigenvalue weighted by atomic mass is 9.94. The van der Waals surface area contributed by atoms with Crippen LogP contribution in [0.4, 0.5) is 5.69 Å². The zero-order valence-corrected chi connectivity index (χ0v) is 21.4. The highest BCUT2D eigenvalue weighted by molar-refractivity contribution is 5.86. The number of esters is 1. The summed E-state index contributed by atoms with van der Waals surface area (Å²) < 4.78 is 6.96. The van der Waals surface area contributed by atoms with Gasteiger partial charge < -0.3 is 19.5 Å². The van der Waals surface area contributed by atoms with Gasteiger partial charge in [0.25, 0.3) is 0 Å². The van der Waals surface area contributed by atoms with Crippen LogP contribution in [0.25, 0.3) is 0 Å². The fraction of sp³-hybridized carbons (Fsp3) is 0.414. The van der Waals surface area contributed by atoms with E-state index in [1.54, 1.807) is 6.33 Å². The molecule has 1 N–H and O–H groups in total. The number of ether oxygens (including phenoxy) is 1. The number of imidazole rings is 1. The number of rotatable bonds is 9. The Morgan fingerprint density at radius 3 is 2.53 bits per heavy atom. The summed E-state index contributed by atoms with van der Waals surface area (Å²) in [5.74, 6) is -0.195. The number of nitrogens with one attached hydrogen (secondary N) is 1. The van der Waals surface area contributed by atoms with Crippen LogP contribution in [0.3, 0.4) is 0 Å². The Bertz CT molecular complexity index is 1150. The maximum Gasteiger partial charge on any atom is 0.328 e. The summed E-state index contributed by atoms with van der Waals surface area (Å²) in [5, 5.41) is 2.94. The summed E-state index contributed by atoms with van der Waals surface area (Å²) in [5.41, 5.74) is 4.43. The first-order chi connectivity index (χ1) is 17.4. The molecule has 7 nitrogen and oxygen atoms in total. The normalized spacial score (nSPS) is 15.1. The lowest BCUT2D eigenvalue weighted by Crippen LogP contribution is -2.48. The third-order valence-corrected chi connectivity index (χ3v) is 6.88. The molecule has 4 rings (SSSR count). The van der Waals surface area contributed by atoms with E-state index in [9.17, 15) is 9.59 Å². The second-order valence-electron chi connectivity index (χ2n) is 9.82. The Morgan fingerprint density at radius 1 is 1.08 bits per heavy atom. The summed E-state index contributed by atoms with van der Waals surface area (Å²) in [7, 11) is 1.35. The third kappa shape index (κ3) is 6.53. The van der Waals surface area contributed by atoms with Crippen LogP contribution in [0.5, 0.6) is 0 Å². The van der Waals surface area contributed by atoms with Crippen molar-refractivity contribution in [3.63, 3.8) is 0 Å². The molecular weight excluding hydrogens is 452 g/mol. The van der Waals surface area contributed by atoms with Crippen LogP contribution in [0.2, 0.25) is 0 Å². The van der Waals surface area contributed by atoms with E-state index in [1.807, 2.05) is 29.0 Å². The zero-order valence-electron chi connectivity index (χ0n) is 21.4. The fourth-order valence-corrected chi connectivity index (χ4v) is 4.71. The second-order valence-corrected chi connectivity index (χ2v) is 9.82. The molecule has 1 aliphatic heterocycles. The largest absolute Gasteiger partial charge is 0.467 e. The molecule has 0 spiro atoms. The fourth-order valence-electron chi connectivity index (χ4n) is 4.71. The molecule has 1 amide bonds. The SMILES string of the molecule is COC(=O)C(Cc1cn(Cc2ccccc2)cn1)NC(=O)C1CCN(c2cccc(C(C)C)c2)CC1. The van der Waals surface area contributed by atoms with Crippen molar-refractivity contribution in [3.8, 4) is 0 Å². The topological polar surface area (TPSA) is 76.5 Å². The first-order valence-corrected chi connectivity index (χ1v) is 12.7. The molecule has 1 unspecified atom stereocenters. The Labute approximate surface area is 213 Å². The summed E-state index contributed by atoms with van der Waals surface area (Å²) >= 11 is 0. The molecule has 3 aromatic rings. The van der Waals surface area contributed by atoms with Crippen molar-refractivity contribution in [3.05, 3.63) is 83.9 Å². The van der Waals surface area contributed by atoms with Crippen LogP contribution >= 0.6 is 0 Å². The van der Waals surface area contributed by atoms with Gasteiger partial charge in [-0.15, -0.1) is 0 Å². The maximum atomic E-state index is 13.1. The molecule has 1 aliphatic rings. The highest BCUT2D eigenvalue weighted by atomic mass is 16.5. The van der Waals surface area contributed by atoms with E-state index in [2.05, 4.69) is 65.4 Å². The van der Waals surface area contributed by atoms with Gasteiger partial charge in [0, 0.05) is 43.9 Å². The van der Waals surface area contributed by atoms with Gasteiger partial charge in [0.2, 0.25) is 5.91 Å². The molecule has 2 aromatic carbocycles. The van der Waals surface area contributed by atoms with Crippen molar-refractivity contribution in [2.24, 2.45) is 5.92 Å². The minimum atomic E-state index is -0.761. The second kappa shape index (κ2) is 11.9. The van der Waals surface area contributed by atoms with E-state index in [-0.39, 0.29) is 11.8 Å². The number of nitrogens with zero attached hydrogens (tertiary/aromatic N) is 3. The van der Waals surface area contributed by atoms with Gasteiger partial charge in [-0.2, -0.15) is 0 Å². The first-order valence-electron chi connectivity index (χ1n) is 12.7. The van der Waals surface area contributed by atoms with Gasteiger partial charge in [-0.3, -0.25) is 4.79 Å². The molecule has 1 saturated heterocycles. The Morgan fingerprint density at radius 2 is 1.83 bits per heavy atom. The van der Waals surface area contributed by atoms with E-state index in [1.165, 1.54) is 23.9 Å². The molecule has 1 aromatic heterocycles. The number of carbonyl (C=O) groups is 2. The molecule has 1 atom stereocenters. The number of anilines is 1. The number of aromatic nitrogens is 2. The summed E-state index contributed by atoms with van der Waals surface area (Å²) in [6.45, 7) is 6.71. The minimum Gasteiger partial charge on any atom is -0.467 e. The number of hydrogen-bond acceptors (Lipinski definition) is 5. The predicted octanol–water partition coefficient (Wildman–Crippen LogP) is 4.17. The highest BCUT2D eigenvalue weighted by Gasteiger charge is 2.30. The number of hydrogen-bond donors (Lipinski definition) is 1. The van der Waals surface area contributed by atoms with E-state index >= 15 is 0 Å². The highest BCUT2D eigenvalue weighted by Crippen LogP contribution is 2.26. The van der Waals surface area contributed by atoms with Crippen LogP contribution in [0.1, 0.15) is 49.4 Å². The number of carbonyl (C=O) groups excluding carboxylic acids is 2. The number of benzene rings is 2. The van der Waals surface area contributed by atoms with Crippen molar-refractivity contribution in [1.82, 2.24) is 14.9 Å². The van der Waals surface area contributed by atoms with Crippen LogP contribution in [-0.2, 0) is 27.3 Å². The minimum absolute atomic E-state index is 0.0929. The van der Waals surface area contributed by atoms with Crippen molar-refractivity contribution in [1.29, 1.82) is 0 Å². The number of amides is 1. The zero-order chi connectivity index (χ0) is 25.5. The molecule has 7 heteroatoms. The molecule has 0 bridgehead atoms. The molecule has 2 heterocycles. The van der Waals surface area contributed by atoms with Crippen LogP contribution < -0.4 is 10.2 Å². The molecule has 0 saturated carbocycles. The predicted molar refractivity (Wildman–Crippen MR) is 141 cm³/mol. The Hall–Kier alpha value is -3.61. The molecule has 36 heavy (non-hydrogen) atoms. The number of methoxy groups -OCH3 is 1. The average molecular weight is 489 g/mol. The van der Waals surface area contributed by atoms with Crippen molar-refractivity contribution in [2.45, 2.75) is 51.6 Å². The third-order valence-electron chi connectivity index (χ3n) is 6.88. The van der Waals surface area contributed by atoms with Crippen molar-refractivity contribution < 1.29 is 14.3 Å². The standard InChI is InChI=1S/C29H36N4O3/c1-21(2)24-10-7-11-26(16-24)33-14-12-23(13-15-33)28(34)31-27(29(35)36-3)17-25-19-32(20-30-25)18-22-8-5-4-6-9-22/h4-11,16,19-21,23,27H,12-15,17-18H2,1-3H3,(H,31,34). The average Bonchev–Trinajstić information content (AvgIpc) is 3.35.